The lowest BCUT2D eigenvalue weighted by Crippen LogP contribution is -2.10. The van der Waals surface area contributed by atoms with E-state index >= 15 is 0 Å². The summed E-state index contributed by atoms with van der Waals surface area (Å²) in [6.45, 7) is 2.24. The maximum Gasteiger partial charge on any atom is 0.124 e. The van der Waals surface area contributed by atoms with E-state index in [9.17, 15) is 4.39 Å². The molecule has 0 aliphatic heterocycles. The first-order chi connectivity index (χ1) is 9.63. The quantitative estimate of drug-likeness (QED) is 0.509. The normalized spacial score (nSPS) is 12.6. The predicted octanol–water partition coefficient (Wildman–Crippen LogP) is 6.12. The van der Waals surface area contributed by atoms with Crippen molar-refractivity contribution in [1.29, 1.82) is 0 Å². The van der Waals surface area contributed by atoms with Gasteiger partial charge in [-0.1, -0.05) is 74.2 Å². The van der Waals surface area contributed by atoms with Crippen molar-refractivity contribution in [3.05, 3.63) is 34.1 Å². The first kappa shape index (κ1) is 17.6. The number of benzene rings is 1. The van der Waals surface area contributed by atoms with Crippen molar-refractivity contribution in [2.24, 2.45) is 5.73 Å². The highest BCUT2D eigenvalue weighted by atomic mass is 79.9. The summed E-state index contributed by atoms with van der Waals surface area (Å²) in [7, 11) is 0. The Kier molecular flexibility index (Phi) is 9.12. The van der Waals surface area contributed by atoms with Crippen LogP contribution in [0.1, 0.15) is 76.3 Å². The van der Waals surface area contributed by atoms with E-state index in [0.29, 0.717) is 0 Å². The van der Waals surface area contributed by atoms with E-state index in [0.717, 1.165) is 22.9 Å². The van der Waals surface area contributed by atoms with Gasteiger partial charge in [-0.15, -0.1) is 0 Å². The molecule has 1 rings (SSSR count). The summed E-state index contributed by atoms with van der Waals surface area (Å²) in [5.74, 6) is -0.222. The molecule has 1 atom stereocenters. The molecule has 3 heteroatoms. The van der Waals surface area contributed by atoms with Crippen LogP contribution in [0, 0.1) is 5.82 Å². The average Bonchev–Trinajstić information content (AvgIpc) is 2.40. The molecule has 1 nitrogen and oxygen atoms in total. The summed E-state index contributed by atoms with van der Waals surface area (Å²) in [5.41, 5.74) is 7.01. The molecule has 0 heterocycles. The first-order valence-corrected chi connectivity index (χ1v) is 8.64. The molecule has 0 aliphatic carbocycles. The van der Waals surface area contributed by atoms with E-state index in [1.54, 1.807) is 6.07 Å². The van der Waals surface area contributed by atoms with Gasteiger partial charge in [-0.25, -0.2) is 4.39 Å². The SMILES string of the molecule is CCCCCCCCCCC(N)c1cc(F)cc(Br)c1. The van der Waals surface area contributed by atoms with Crippen LogP contribution in [0.4, 0.5) is 4.39 Å². The Labute approximate surface area is 131 Å². The van der Waals surface area contributed by atoms with E-state index in [-0.39, 0.29) is 11.9 Å². The second kappa shape index (κ2) is 10.3. The number of hydrogen-bond acceptors (Lipinski definition) is 1. The van der Waals surface area contributed by atoms with Crippen LogP contribution in [0.25, 0.3) is 0 Å². The van der Waals surface area contributed by atoms with Crippen LogP contribution >= 0.6 is 15.9 Å². The Morgan fingerprint density at radius 2 is 1.60 bits per heavy atom. The molecule has 0 aromatic heterocycles. The van der Waals surface area contributed by atoms with Crippen LogP contribution in [0.15, 0.2) is 22.7 Å². The van der Waals surface area contributed by atoms with Crippen molar-refractivity contribution in [3.63, 3.8) is 0 Å². The van der Waals surface area contributed by atoms with Gasteiger partial charge in [-0.05, 0) is 30.2 Å². The zero-order chi connectivity index (χ0) is 14.8. The Bertz CT molecular complexity index is 361. The maximum absolute atomic E-state index is 13.3. The highest BCUT2D eigenvalue weighted by Crippen LogP contribution is 2.23. The zero-order valence-corrected chi connectivity index (χ0v) is 14.1. The summed E-state index contributed by atoms with van der Waals surface area (Å²) in [4.78, 5) is 0. The van der Waals surface area contributed by atoms with Gasteiger partial charge in [-0.3, -0.25) is 0 Å². The number of nitrogens with two attached hydrogens (primary N) is 1. The molecule has 0 radical (unpaired) electrons. The van der Waals surface area contributed by atoms with Gasteiger partial charge in [0.25, 0.3) is 0 Å². The fourth-order valence-corrected chi connectivity index (χ4v) is 2.94. The van der Waals surface area contributed by atoms with Gasteiger partial charge >= 0.3 is 0 Å². The van der Waals surface area contributed by atoms with Crippen LogP contribution in [0.5, 0.6) is 0 Å². The van der Waals surface area contributed by atoms with E-state index in [4.69, 9.17) is 5.73 Å². The zero-order valence-electron chi connectivity index (χ0n) is 12.5. The Balaban J connectivity index is 2.15. The van der Waals surface area contributed by atoms with Gasteiger partial charge in [0.05, 0.1) is 0 Å². The van der Waals surface area contributed by atoms with Crippen molar-refractivity contribution >= 4 is 15.9 Å². The monoisotopic (exact) mass is 343 g/mol. The molecule has 0 amide bonds. The first-order valence-electron chi connectivity index (χ1n) is 7.85. The summed E-state index contributed by atoms with van der Waals surface area (Å²) in [6.07, 6.45) is 11.3. The van der Waals surface area contributed by atoms with Gasteiger partial charge in [-0.2, -0.15) is 0 Å². The Hall–Kier alpha value is -0.410. The minimum absolute atomic E-state index is 0.0536. The van der Waals surface area contributed by atoms with Crippen LogP contribution in [-0.2, 0) is 0 Å². The molecule has 20 heavy (non-hydrogen) atoms. The molecule has 0 saturated carbocycles. The molecule has 0 aliphatic rings. The Morgan fingerprint density at radius 1 is 1.00 bits per heavy atom. The molecular weight excluding hydrogens is 317 g/mol. The predicted molar refractivity (Wildman–Crippen MR) is 88.3 cm³/mol. The van der Waals surface area contributed by atoms with E-state index < -0.39 is 0 Å². The van der Waals surface area contributed by atoms with E-state index in [1.807, 2.05) is 6.07 Å². The van der Waals surface area contributed by atoms with Crippen molar-refractivity contribution in [1.82, 2.24) is 0 Å². The van der Waals surface area contributed by atoms with Gasteiger partial charge in [0, 0.05) is 10.5 Å². The van der Waals surface area contributed by atoms with Crippen molar-refractivity contribution in [3.8, 4) is 0 Å². The smallest absolute Gasteiger partial charge is 0.124 e. The average molecular weight is 344 g/mol. The minimum Gasteiger partial charge on any atom is -0.324 e. The molecule has 1 unspecified atom stereocenters. The number of unbranched alkanes of at least 4 members (excludes halogenated alkanes) is 7. The lowest BCUT2D eigenvalue weighted by molar-refractivity contribution is 0.534. The summed E-state index contributed by atoms with van der Waals surface area (Å²) >= 11 is 3.31. The summed E-state index contributed by atoms with van der Waals surface area (Å²) in [6, 6.07) is 4.87. The molecule has 1 aromatic carbocycles. The molecule has 0 spiro atoms. The molecule has 0 bridgehead atoms. The minimum atomic E-state index is -0.222. The van der Waals surface area contributed by atoms with Gasteiger partial charge in [0.15, 0.2) is 0 Å². The summed E-state index contributed by atoms with van der Waals surface area (Å²) < 4.78 is 14.1. The molecule has 1 aromatic rings. The Morgan fingerprint density at radius 3 is 2.20 bits per heavy atom. The lowest BCUT2D eigenvalue weighted by atomic mass is 10.00. The van der Waals surface area contributed by atoms with Gasteiger partial charge < -0.3 is 5.73 Å². The molecule has 0 fully saturated rings. The standard InChI is InChI=1S/C17H27BrFN/c1-2-3-4-5-6-7-8-9-10-17(20)14-11-15(18)13-16(19)12-14/h11-13,17H,2-10,20H2,1H3. The maximum atomic E-state index is 13.3. The third-order valence-corrected chi connectivity index (χ3v) is 4.14. The van der Waals surface area contributed by atoms with E-state index in [1.165, 1.54) is 51.0 Å². The topological polar surface area (TPSA) is 26.0 Å². The van der Waals surface area contributed by atoms with Crippen molar-refractivity contribution in [2.45, 2.75) is 70.8 Å². The largest absolute Gasteiger partial charge is 0.324 e. The molecular formula is C17H27BrFN. The highest BCUT2D eigenvalue weighted by molar-refractivity contribution is 9.10. The van der Waals surface area contributed by atoms with Crippen LogP contribution < -0.4 is 5.73 Å². The fourth-order valence-electron chi connectivity index (χ4n) is 2.45. The highest BCUT2D eigenvalue weighted by Gasteiger charge is 2.08. The molecule has 0 saturated heterocycles. The van der Waals surface area contributed by atoms with E-state index in [2.05, 4.69) is 22.9 Å². The van der Waals surface area contributed by atoms with Crippen molar-refractivity contribution in [2.75, 3.05) is 0 Å². The number of rotatable bonds is 10. The lowest BCUT2D eigenvalue weighted by Gasteiger charge is -2.12. The molecule has 114 valence electrons. The van der Waals surface area contributed by atoms with Crippen LogP contribution in [0.3, 0.4) is 0 Å². The summed E-state index contributed by atoms with van der Waals surface area (Å²) in [5, 5.41) is 0. The third-order valence-electron chi connectivity index (χ3n) is 3.68. The number of hydrogen-bond donors (Lipinski definition) is 1. The van der Waals surface area contributed by atoms with Gasteiger partial charge in [0.2, 0.25) is 0 Å². The second-order valence-electron chi connectivity index (χ2n) is 5.57. The molecule has 2 N–H and O–H groups in total. The number of halogens is 2. The van der Waals surface area contributed by atoms with Crippen LogP contribution in [0.2, 0.25) is 0 Å². The fraction of sp³-hybridized carbons (Fsp3) is 0.647. The van der Waals surface area contributed by atoms with Crippen LogP contribution in [-0.4, -0.2) is 0 Å². The van der Waals surface area contributed by atoms with Crippen molar-refractivity contribution < 1.29 is 4.39 Å². The van der Waals surface area contributed by atoms with Gasteiger partial charge in [0.1, 0.15) is 5.82 Å². The third kappa shape index (κ3) is 7.39. The second-order valence-corrected chi connectivity index (χ2v) is 6.49.